The summed E-state index contributed by atoms with van der Waals surface area (Å²) < 4.78 is 51.9. The second kappa shape index (κ2) is 4.57. The van der Waals surface area contributed by atoms with Gasteiger partial charge in [0.2, 0.25) is 5.95 Å². The number of hydrogen-bond donors (Lipinski definition) is 0. The van der Waals surface area contributed by atoms with Crippen molar-refractivity contribution in [2.24, 2.45) is 0 Å². The molecule has 18 heavy (non-hydrogen) atoms. The molecule has 1 aromatic carbocycles. The lowest BCUT2D eigenvalue weighted by Gasteiger charge is -2.12. The summed E-state index contributed by atoms with van der Waals surface area (Å²) >= 11 is 5.46. The molecular formula is C12H6ClF4N. The Labute approximate surface area is 105 Å². The van der Waals surface area contributed by atoms with Crippen LogP contribution in [0.25, 0.3) is 11.1 Å². The van der Waals surface area contributed by atoms with Crippen LogP contribution in [0.5, 0.6) is 0 Å². The van der Waals surface area contributed by atoms with E-state index in [0.29, 0.717) is 0 Å². The van der Waals surface area contributed by atoms with Gasteiger partial charge in [-0.15, -0.1) is 0 Å². The van der Waals surface area contributed by atoms with E-state index in [1.165, 1.54) is 30.3 Å². The van der Waals surface area contributed by atoms with Gasteiger partial charge >= 0.3 is 6.18 Å². The van der Waals surface area contributed by atoms with Gasteiger partial charge in [-0.05, 0) is 23.8 Å². The standard InChI is InChI=1S/C12H6ClF4N/c13-10-6-5-8(11(14)18-10)7-3-1-2-4-9(7)12(15,16)17/h1-6H. The molecule has 0 fully saturated rings. The summed E-state index contributed by atoms with van der Waals surface area (Å²) in [7, 11) is 0. The number of benzene rings is 1. The van der Waals surface area contributed by atoms with Crippen LogP contribution in [0.2, 0.25) is 5.15 Å². The lowest BCUT2D eigenvalue weighted by Crippen LogP contribution is -2.07. The molecule has 1 nitrogen and oxygen atoms in total. The minimum Gasteiger partial charge on any atom is -0.207 e. The predicted molar refractivity (Wildman–Crippen MR) is 59.6 cm³/mol. The van der Waals surface area contributed by atoms with Crippen LogP contribution in [0.1, 0.15) is 5.56 Å². The normalized spacial score (nSPS) is 11.6. The van der Waals surface area contributed by atoms with Gasteiger partial charge in [-0.25, -0.2) is 4.98 Å². The molecular weight excluding hydrogens is 270 g/mol. The smallest absolute Gasteiger partial charge is 0.207 e. The summed E-state index contributed by atoms with van der Waals surface area (Å²) in [6, 6.07) is 7.15. The monoisotopic (exact) mass is 275 g/mol. The SMILES string of the molecule is Fc1nc(Cl)ccc1-c1ccccc1C(F)(F)F. The minimum atomic E-state index is -4.55. The van der Waals surface area contributed by atoms with Gasteiger partial charge in [-0.1, -0.05) is 29.8 Å². The molecule has 6 heteroatoms. The predicted octanol–water partition coefficient (Wildman–Crippen LogP) is 4.56. The van der Waals surface area contributed by atoms with Gasteiger partial charge in [0.15, 0.2) is 0 Å². The van der Waals surface area contributed by atoms with Crippen LogP contribution in [-0.2, 0) is 6.18 Å². The second-order valence-electron chi connectivity index (χ2n) is 3.52. The highest BCUT2D eigenvalue weighted by Gasteiger charge is 2.33. The summed E-state index contributed by atoms with van der Waals surface area (Å²) in [5.41, 5.74) is -1.40. The van der Waals surface area contributed by atoms with Crippen molar-refractivity contribution in [1.29, 1.82) is 0 Å². The molecule has 0 atom stereocenters. The topological polar surface area (TPSA) is 12.9 Å². The molecule has 0 amide bonds. The first-order valence-electron chi connectivity index (χ1n) is 4.88. The Kier molecular flexibility index (Phi) is 3.26. The quantitative estimate of drug-likeness (QED) is 0.549. The maximum Gasteiger partial charge on any atom is 0.417 e. The van der Waals surface area contributed by atoms with E-state index in [9.17, 15) is 17.6 Å². The minimum absolute atomic E-state index is 0.110. The van der Waals surface area contributed by atoms with E-state index in [0.717, 1.165) is 6.07 Å². The maximum atomic E-state index is 13.5. The molecule has 2 rings (SSSR count). The molecule has 0 bridgehead atoms. The zero-order valence-electron chi connectivity index (χ0n) is 8.80. The lowest BCUT2D eigenvalue weighted by atomic mass is 10.0. The molecule has 0 aliphatic carbocycles. The molecule has 2 aromatic rings. The zero-order chi connectivity index (χ0) is 13.3. The first kappa shape index (κ1) is 12.8. The van der Waals surface area contributed by atoms with E-state index in [2.05, 4.69) is 4.98 Å². The van der Waals surface area contributed by atoms with Gasteiger partial charge < -0.3 is 0 Å². The molecule has 94 valence electrons. The molecule has 0 N–H and O–H groups in total. The van der Waals surface area contributed by atoms with Gasteiger partial charge in [-0.2, -0.15) is 17.6 Å². The van der Waals surface area contributed by atoms with Crippen LogP contribution in [0.4, 0.5) is 17.6 Å². The molecule has 0 radical (unpaired) electrons. The number of rotatable bonds is 1. The van der Waals surface area contributed by atoms with Crippen LogP contribution in [0.3, 0.4) is 0 Å². The van der Waals surface area contributed by atoms with Crippen molar-refractivity contribution in [3.63, 3.8) is 0 Å². The fraction of sp³-hybridized carbons (Fsp3) is 0.0833. The second-order valence-corrected chi connectivity index (χ2v) is 3.90. The molecule has 0 aliphatic heterocycles. The largest absolute Gasteiger partial charge is 0.417 e. The summed E-state index contributed by atoms with van der Waals surface area (Å²) in [6.45, 7) is 0. The average Bonchev–Trinajstić information content (AvgIpc) is 2.28. The molecule has 0 spiro atoms. The molecule has 1 aromatic heterocycles. The van der Waals surface area contributed by atoms with Crippen molar-refractivity contribution in [3.8, 4) is 11.1 Å². The molecule has 0 saturated carbocycles. The Hall–Kier alpha value is -1.62. The lowest BCUT2D eigenvalue weighted by molar-refractivity contribution is -0.137. The van der Waals surface area contributed by atoms with E-state index in [1.54, 1.807) is 0 Å². The third-order valence-electron chi connectivity index (χ3n) is 2.34. The fourth-order valence-electron chi connectivity index (χ4n) is 1.58. The van der Waals surface area contributed by atoms with Gasteiger partial charge in [0, 0.05) is 5.56 Å². The Balaban J connectivity index is 2.64. The molecule has 0 aliphatic rings. The number of halogens is 5. The van der Waals surface area contributed by atoms with Crippen molar-refractivity contribution < 1.29 is 17.6 Å². The highest BCUT2D eigenvalue weighted by atomic mass is 35.5. The highest BCUT2D eigenvalue weighted by molar-refractivity contribution is 6.29. The van der Waals surface area contributed by atoms with Crippen molar-refractivity contribution in [2.45, 2.75) is 6.18 Å². The van der Waals surface area contributed by atoms with Gasteiger partial charge in [0.05, 0.1) is 5.56 Å². The Bertz CT molecular complexity index is 581. The number of nitrogens with zero attached hydrogens (tertiary/aromatic N) is 1. The van der Waals surface area contributed by atoms with Crippen LogP contribution < -0.4 is 0 Å². The Morgan fingerprint density at radius 2 is 1.61 bits per heavy atom. The van der Waals surface area contributed by atoms with Crippen LogP contribution in [-0.4, -0.2) is 4.98 Å². The maximum absolute atomic E-state index is 13.5. The van der Waals surface area contributed by atoms with Crippen LogP contribution in [0, 0.1) is 5.95 Å². The summed E-state index contributed by atoms with van der Waals surface area (Å²) in [5.74, 6) is -1.03. The van der Waals surface area contributed by atoms with Gasteiger partial charge in [-0.3, -0.25) is 0 Å². The van der Waals surface area contributed by atoms with Crippen molar-refractivity contribution in [1.82, 2.24) is 4.98 Å². The molecule has 0 saturated heterocycles. The van der Waals surface area contributed by atoms with E-state index in [1.807, 2.05) is 0 Å². The zero-order valence-corrected chi connectivity index (χ0v) is 9.56. The van der Waals surface area contributed by atoms with Crippen molar-refractivity contribution in [3.05, 3.63) is 53.1 Å². The van der Waals surface area contributed by atoms with Crippen molar-refractivity contribution in [2.75, 3.05) is 0 Å². The third-order valence-corrected chi connectivity index (χ3v) is 2.55. The number of aromatic nitrogens is 1. The summed E-state index contributed by atoms with van der Waals surface area (Å²) in [4.78, 5) is 3.30. The Morgan fingerprint density at radius 3 is 2.22 bits per heavy atom. The summed E-state index contributed by atoms with van der Waals surface area (Å²) in [6.07, 6.45) is -4.55. The van der Waals surface area contributed by atoms with E-state index in [4.69, 9.17) is 11.6 Å². The first-order valence-corrected chi connectivity index (χ1v) is 5.26. The van der Waals surface area contributed by atoms with E-state index < -0.39 is 17.7 Å². The van der Waals surface area contributed by atoms with E-state index >= 15 is 0 Å². The first-order chi connectivity index (χ1) is 8.39. The molecule has 0 unspecified atom stereocenters. The summed E-state index contributed by atoms with van der Waals surface area (Å²) in [5, 5.41) is -0.110. The van der Waals surface area contributed by atoms with Crippen LogP contribution >= 0.6 is 11.6 Å². The number of pyridine rings is 1. The van der Waals surface area contributed by atoms with Gasteiger partial charge in [0.25, 0.3) is 0 Å². The number of alkyl halides is 3. The van der Waals surface area contributed by atoms with Crippen LogP contribution in [0.15, 0.2) is 36.4 Å². The van der Waals surface area contributed by atoms with Crippen molar-refractivity contribution >= 4 is 11.6 Å². The fourth-order valence-corrected chi connectivity index (χ4v) is 1.72. The van der Waals surface area contributed by atoms with E-state index in [-0.39, 0.29) is 16.3 Å². The third kappa shape index (κ3) is 2.46. The highest BCUT2D eigenvalue weighted by Crippen LogP contribution is 2.37. The van der Waals surface area contributed by atoms with Gasteiger partial charge in [0.1, 0.15) is 5.15 Å². The number of hydrogen-bond acceptors (Lipinski definition) is 1. The molecule has 1 heterocycles. The Morgan fingerprint density at radius 1 is 0.944 bits per heavy atom. The average molecular weight is 276 g/mol.